The van der Waals surface area contributed by atoms with Crippen molar-refractivity contribution in [2.75, 3.05) is 0 Å². The van der Waals surface area contributed by atoms with Crippen molar-refractivity contribution in [3.05, 3.63) is 74.2 Å². The van der Waals surface area contributed by atoms with Crippen molar-refractivity contribution < 1.29 is 5.11 Å². The number of aromatic hydroxyl groups is 1. The second kappa shape index (κ2) is 9.92. The fourth-order valence-electron chi connectivity index (χ4n) is 4.84. The molecule has 1 aliphatic rings. The largest absolute Gasteiger partial charge is 0.506 e. The number of rotatable bonds is 7. The molecule has 0 bridgehead atoms. The van der Waals surface area contributed by atoms with Gasteiger partial charge in [0.2, 0.25) is 0 Å². The van der Waals surface area contributed by atoms with Crippen molar-refractivity contribution in [3.8, 4) is 28.0 Å². The van der Waals surface area contributed by atoms with Gasteiger partial charge in [0, 0.05) is 0 Å². The number of fused-ring (bicyclic) bond motifs is 1. The molecule has 4 rings (SSSR count). The van der Waals surface area contributed by atoms with E-state index in [2.05, 4.69) is 82.1 Å². The van der Waals surface area contributed by atoms with E-state index >= 15 is 0 Å². The van der Waals surface area contributed by atoms with Gasteiger partial charge in [-0.25, -0.2) is 0 Å². The van der Waals surface area contributed by atoms with E-state index in [1.54, 1.807) is 11.1 Å². The van der Waals surface area contributed by atoms with Gasteiger partial charge in [0.15, 0.2) is 0 Å². The van der Waals surface area contributed by atoms with Crippen LogP contribution in [0.25, 0.3) is 22.3 Å². The second-order valence-electron chi connectivity index (χ2n) is 8.77. The number of aryl methyl sites for hydroxylation is 1. The Hall–Kier alpha value is -1.58. The molecule has 0 heterocycles. The average molecular weight is 542 g/mol. The first kappa shape index (κ1) is 22.6. The maximum Gasteiger partial charge on any atom is 0.143 e. The summed E-state index contributed by atoms with van der Waals surface area (Å²) in [6.07, 6.45) is 8.85. The molecule has 0 aliphatic heterocycles. The minimum Gasteiger partial charge on any atom is -0.506 e. The molecular weight excluding hydrogens is 512 g/mol. The first-order chi connectivity index (χ1) is 15.0. The fraction of sp³-hybridized carbons (Fsp3) is 0.357. The number of hydrogen-bond acceptors (Lipinski definition) is 1. The summed E-state index contributed by atoms with van der Waals surface area (Å²) in [7, 11) is 0. The molecule has 1 aliphatic carbocycles. The third-order valence-corrected chi connectivity index (χ3v) is 7.80. The highest BCUT2D eigenvalue weighted by Gasteiger charge is 2.21. The van der Waals surface area contributed by atoms with Crippen LogP contribution in [0.3, 0.4) is 0 Å². The average Bonchev–Trinajstić information content (AvgIpc) is 3.18. The number of halogens is 2. The molecule has 1 nitrogen and oxygen atoms in total. The van der Waals surface area contributed by atoms with Gasteiger partial charge in [0.05, 0.1) is 8.95 Å². The molecule has 162 valence electrons. The van der Waals surface area contributed by atoms with Crippen LogP contribution in [0.2, 0.25) is 0 Å². The predicted octanol–water partition coefficient (Wildman–Crippen LogP) is 9.11. The summed E-state index contributed by atoms with van der Waals surface area (Å²) in [6.45, 7) is 4.49. The molecule has 0 fully saturated rings. The molecule has 1 unspecified atom stereocenters. The predicted molar refractivity (Wildman–Crippen MR) is 139 cm³/mol. The Balaban J connectivity index is 1.60. The van der Waals surface area contributed by atoms with Crippen LogP contribution in [0.5, 0.6) is 5.75 Å². The number of hydrogen-bond donors (Lipinski definition) is 1. The molecular formula is C28H30Br2O. The van der Waals surface area contributed by atoms with Gasteiger partial charge in [-0.3, -0.25) is 0 Å². The third-order valence-electron chi connectivity index (χ3n) is 6.59. The Bertz CT molecular complexity index is 1060. The van der Waals surface area contributed by atoms with Crippen molar-refractivity contribution in [1.82, 2.24) is 0 Å². The summed E-state index contributed by atoms with van der Waals surface area (Å²) in [5.41, 5.74) is 9.34. The molecule has 1 atom stereocenters. The van der Waals surface area contributed by atoms with Gasteiger partial charge in [0.1, 0.15) is 5.75 Å². The minimum absolute atomic E-state index is 0.240. The monoisotopic (exact) mass is 540 g/mol. The molecule has 0 aromatic heterocycles. The molecule has 0 saturated heterocycles. The van der Waals surface area contributed by atoms with Crippen LogP contribution in [0.15, 0.2) is 57.5 Å². The summed E-state index contributed by atoms with van der Waals surface area (Å²) < 4.78 is 1.41. The van der Waals surface area contributed by atoms with Crippen LogP contribution < -0.4 is 0 Å². The van der Waals surface area contributed by atoms with Gasteiger partial charge >= 0.3 is 0 Å². The molecule has 0 radical (unpaired) electrons. The minimum atomic E-state index is 0.240. The van der Waals surface area contributed by atoms with E-state index < -0.39 is 0 Å². The van der Waals surface area contributed by atoms with Crippen molar-refractivity contribution in [2.45, 2.75) is 58.8 Å². The Labute approximate surface area is 203 Å². The lowest BCUT2D eigenvalue weighted by atomic mass is 9.92. The number of unbranched alkanes of at least 4 members (excludes halogenated alkanes) is 2. The second-order valence-corrected chi connectivity index (χ2v) is 10.5. The Morgan fingerprint density at radius 3 is 2.19 bits per heavy atom. The van der Waals surface area contributed by atoms with E-state index in [1.807, 2.05) is 12.1 Å². The Kier molecular flexibility index (Phi) is 7.23. The lowest BCUT2D eigenvalue weighted by Gasteiger charge is -2.13. The highest BCUT2D eigenvalue weighted by molar-refractivity contribution is 9.11. The van der Waals surface area contributed by atoms with Gasteiger partial charge < -0.3 is 5.11 Å². The van der Waals surface area contributed by atoms with Gasteiger partial charge in [0.25, 0.3) is 0 Å². The van der Waals surface area contributed by atoms with Gasteiger partial charge in [-0.05, 0) is 115 Å². The molecule has 1 N–H and O–H groups in total. The number of phenols is 1. The molecule has 0 amide bonds. The highest BCUT2D eigenvalue weighted by atomic mass is 79.9. The van der Waals surface area contributed by atoms with Gasteiger partial charge in [-0.1, -0.05) is 69.5 Å². The van der Waals surface area contributed by atoms with E-state index in [4.69, 9.17) is 0 Å². The van der Waals surface area contributed by atoms with Crippen LogP contribution in [0, 0.1) is 5.92 Å². The van der Waals surface area contributed by atoms with E-state index in [-0.39, 0.29) is 5.75 Å². The van der Waals surface area contributed by atoms with Crippen molar-refractivity contribution in [3.63, 3.8) is 0 Å². The molecule has 3 aromatic carbocycles. The summed E-state index contributed by atoms with van der Waals surface area (Å²) in [6, 6.07) is 17.9. The lowest BCUT2D eigenvalue weighted by molar-refractivity contribution is 0.468. The van der Waals surface area contributed by atoms with Crippen LogP contribution in [0.4, 0.5) is 0 Å². The van der Waals surface area contributed by atoms with E-state index in [9.17, 15) is 5.11 Å². The highest BCUT2D eigenvalue weighted by Crippen LogP contribution is 2.39. The Morgan fingerprint density at radius 1 is 0.806 bits per heavy atom. The lowest BCUT2D eigenvalue weighted by Crippen LogP contribution is -1.98. The van der Waals surface area contributed by atoms with Crippen molar-refractivity contribution >= 4 is 31.9 Å². The molecule has 0 spiro atoms. The topological polar surface area (TPSA) is 20.2 Å². The third kappa shape index (κ3) is 4.93. The smallest absolute Gasteiger partial charge is 0.143 e. The summed E-state index contributed by atoms with van der Waals surface area (Å²) in [5, 5.41) is 10.1. The van der Waals surface area contributed by atoms with E-state index in [1.165, 1.54) is 60.8 Å². The zero-order valence-corrected chi connectivity index (χ0v) is 21.5. The molecule has 31 heavy (non-hydrogen) atoms. The standard InChI is InChI=1S/C28H30Br2O/c1-3-5-6-7-18-12-20-8-9-21(15-23(20)13-18)22-10-11-25(19(4-2)14-22)24-16-26(29)28(31)27(30)17-24/h8-11,14-18,31H,3-7,12-13H2,1-2H3. The summed E-state index contributed by atoms with van der Waals surface area (Å²) >= 11 is 6.93. The first-order valence-corrected chi connectivity index (χ1v) is 13.0. The first-order valence-electron chi connectivity index (χ1n) is 11.4. The van der Waals surface area contributed by atoms with Crippen LogP contribution in [-0.2, 0) is 19.3 Å². The maximum atomic E-state index is 10.1. The quantitative estimate of drug-likeness (QED) is 0.295. The fourth-order valence-corrected chi connectivity index (χ4v) is 6.03. The number of phenolic OH excluding ortho intramolecular Hbond substituents is 1. The van der Waals surface area contributed by atoms with E-state index in [0.717, 1.165) is 17.9 Å². The van der Waals surface area contributed by atoms with Crippen LogP contribution in [0.1, 0.15) is 56.2 Å². The molecule has 3 heteroatoms. The zero-order valence-electron chi connectivity index (χ0n) is 18.3. The molecule has 0 saturated carbocycles. The van der Waals surface area contributed by atoms with Gasteiger partial charge in [-0.2, -0.15) is 0 Å². The van der Waals surface area contributed by atoms with Crippen LogP contribution >= 0.6 is 31.9 Å². The Morgan fingerprint density at radius 2 is 1.48 bits per heavy atom. The SMILES string of the molecule is CCCCCC1Cc2ccc(-c3ccc(-c4cc(Br)c(O)c(Br)c4)c(CC)c3)cc2C1. The zero-order chi connectivity index (χ0) is 22.0. The normalized spacial score (nSPS) is 15.3. The van der Waals surface area contributed by atoms with Crippen molar-refractivity contribution in [1.29, 1.82) is 0 Å². The summed E-state index contributed by atoms with van der Waals surface area (Å²) in [4.78, 5) is 0. The van der Waals surface area contributed by atoms with Gasteiger partial charge in [-0.15, -0.1) is 0 Å². The van der Waals surface area contributed by atoms with Crippen molar-refractivity contribution in [2.24, 2.45) is 5.92 Å². The molecule has 3 aromatic rings. The summed E-state index contributed by atoms with van der Waals surface area (Å²) in [5.74, 6) is 1.07. The number of benzene rings is 3. The van der Waals surface area contributed by atoms with Crippen LogP contribution in [-0.4, -0.2) is 5.11 Å². The van der Waals surface area contributed by atoms with E-state index in [0.29, 0.717) is 8.95 Å². The maximum absolute atomic E-state index is 10.1.